The Morgan fingerprint density at radius 3 is 2.55 bits per heavy atom. The highest BCUT2D eigenvalue weighted by atomic mass is 16.3. The van der Waals surface area contributed by atoms with E-state index in [4.69, 9.17) is 0 Å². The molecule has 0 radical (unpaired) electrons. The van der Waals surface area contributed by atoms with E-state index >= 15 is 0 Å². The number of fused-ring (bicyclic) bond motifs is 2. The molecule has 20 heavy (non-hydrogen) atoms. The predicted octanol–water partition coefficient (Wildman–Crippen LogP) is 2.56. The fraction of sp³-hybridized carbons (Fsp3) is 0.588. The van der Waals surface area contributed by atoms with Gasteiger partial charge in [-0.3, -0.25) is 9.69 Å². The normalized spacial score (nSPS) is 29.6. The van der Waals surface area contributed by atoms with E-state index in [1.165, 1.54) is 12.8 Å². The third-order valence-electron chi connectivity index (χ3n) is 4.90. The number of aryl methyl sites for hydroxylation is 1. The van der Waals surface area contributed by atoms with Crippen LogP contribution in [0.2, 0.25) is 0 Å². The zero-order valence-corrected chi connectivity index (χ0v) is 12.1. The van der Waals surface area contributed by atoms with Crippen molar-refractivity contribution in [2.24, 2.45) is 0 Å². The number of hydrogen-bond acceptors (Lipinski definition) is 3. The Balaban J connectivity index is 1.60. The minimum absolute atomic E-state index is 0.129. The molecule has 1 aromatic carbocycles. The molecular formula is C17H23NO2. The Morgan fingerprint density at radius 1 is 1.25 bits per heavy atom. The summed E-state index contributed by atoms with van der Waals surface area (Å²) in [6.07, 6.45) is 4.59. The molecule has 3 heteroatoms. The van der Waals surface area contributed by atoms with Gasteiger partial charge in [0.05, 0.1) is 6.10 Å². The summed E-state index contributed by atoms with van der Waals surface area (Å²) >= 11 is 0. The standard InChI is InChI=1S/C17H23NO2/c1-12-4-2-3-5-16(12)17(20)8-9-18-13-6-7-14(18)11-15(19)10-13/h2-5,13-15,19H,6-11H2,1H3. The van der Waals surface area contributed by atoms with Crippen molar-refractivity contribution >= 4 is 5.78 Å². The van der Waals surface area contributed by atoms with E-state index in [2.05, 4.69) is 4.90 Å². The van der Waals surface area contributed by atoms with Crippen molar-refractivity contribution in [3.8, 4) is 0 Å². The van der Waals surface area contributed by atoms with Gasteiger partial charge in [-0.1, -0.05) is 24.3 Å². The zero-order valence-electron chi connectivity index (χ0n) is 12.1. The van der Waals surface area contributed by atoms with Crippen LogP contribution in [0.1, 0.15) is 48.0 Å². The lowest BCUT2D eigenvalue weighted by Crippen LogP contribution is -2.45. The predicted molar refractivity (Wildman–Crippen MR) is 78.9 cm³/mol. The Morgan fingerprint density at radius 2 is 1.90 bits per heavy atom. The lowest BCUT2D eigenvalue weighted by atomic mass is 9.98. The molecule has 0 aliphatic carbocycles. The van der Waals surface area contributed by atoms with E-state index in [1.54, 1.807) is 0 Å². The number of hydrogen-bond donors (Lipinski definition) is 1. The molecule has 3 rings (SSSR count). The molecule has 0 amide bonds. The Labute approximate surface area is 120 Å². The third kappa shape index (κ3) is 2.65. The second-order valence-electron chi connectivity index (χ2n) is 6.24. The van der Waals surface area contributed by atoms with Gasteiger partial charge < -0.3 is 5.11 Å². The monoisotopic (exact) mass is 273 g/mol. The van der Waals surface area contributed by atoms with Crippen LogP contribution >= 0.6 is 0 Å². The summed E-state index contributed by atoms with van der Waals surface area (Å²) in [4.78, 5) is 14.8. The molecule has 2 unspecified atom stereocenters. The maximum atomic E-state index is 12.3. The fourth-order valence-corrected chi connectivity index (χ4v) is 3.86. The molecule has 1 N–H and O–H groups in total. The van der Waals surface area contributed by atoms with Gasteiger partial charge in [-0.15, -0.1) is 0 Å². The van der Waals surface area contributed by atoms with E-state index in [-0.39, 0.29) is 11.9 Å². The van der Waals surface area contributed by atoms with Crippen molar-refractivity contribution in [2.45, 2.75) is 57.2 Å². The van der Waals surface area contributed by atoms with E-state index in [9.17, 15) is 9.90 Å². The van der Waals surface area contributed by atoms with Crippen LogP contribution in [0.4, 0.5) is 0 Å². The minimum atomic E-state index is -0.129. The first-order valence-corrected chi connectivity index (χ1v) is 7.68. The molecule has 2 bridgehead atoms. The van der Waals surface area contributed by atoms with Gasteiger partial charge in [-0.2, -0.15) is 0 Å². The molecule has 2 fully saturated rings. The first kappa shape index (κ1) is 13.8. The highest BCUT2D eigenvalue weighted by Crippen LogP contribution is 2.35. The summed E-state index contributed by atoms with van der Waals surface area (Å²) in [6, 6.07) is 8.81. The number of aliphatic hydroxyl groups is 1. The summed E-state index contributed by atoms with van der Waals surface area (Å²) in [5.41, 5.74) is 1.92. The van der Waals surface area contributed by atoms with Crippen LogP contribution in [-0.4, -0.2) is 40.5 Å². The minimum Gasteiger partial charge on any atom is -0.393 e. The lowest BCUT2D eigenvalue weighted by Gasteiger charge is -2.37. The number of carbonyl (C=O) groups is 1. The Kier molecular flexibility index (Phi) is 3.90. The van der Waals surface area contributed by atoms with Crippen LogP contribution in [0.25, 0.3) is 0 Å². The van der Waals surface area contributed by atoms with Crippen LogP contribution in [0.5, 0.6) is 0 Å². The number of aliphatic hydroxyl groups excluding tert-OH is 1. The van der Waals surface area contributed by atoms with Gasteiger partial charge in [0.25, 0.3) is 0 Å². The van der Waals surface area contributed by atoms with E-state index < -0.39 is 0 Å². The third-order valence-corrected chi connectivity index (χ3v) is 4.90. The number of benzene rings is 1. The van der Waals surface area contributed by atoms with Crippen molar-refractivity contribution in [1.29, 1.82) is 0 Å². The quantitative estimate of drug-likeness (QED) is 0.857. The van der Waals surface area contributed by atoms with E-state index in [0.717, 1.165) is 30.5 Å². The topological polar surface area (TPSA) is 40.5 Å². The maximum absolute atomic E-state index is 12.3. The van der Waals surface area contributed by atoms with E-state index in [1.807, 2.05) is 31.2 Å². The molecule has 0 aromatic heterocycles. The Bertz CT molecular complexity index is 486. The lowest BCUT2D eigenvalue weighted by molar-refractivity contribution is 0.0349. The van der Waals surface area contributed by atoms with Crippen molar-refractivity contribution in [3.05, 3.63) is 35.4 Å². The SMILES string of the molecule is Cc1ccccc1C(=O)CCN1C2CCC1CC(O)C2. The van der Waals surface area contributed by atoms with Crippen LogP contribution in [0.15, 0.2) is 24.3 Å². The summed E-state index contributed by atoms with van der Waals surface area (Å²) in [5.74, 6) is 0.244. The van der Waals surface area contributed by atoms with Crippen molar-refractivity contribution in [2.75, 3.05) is 6.54 Å². The van der Waals surface area contributed by atoms with Gasteiger partial charge in [-0.05, 0) is 38.2 Å². The smallest absolute Gasteiger partial charge is 0.164 e. The van der Waals surface area contributed by atoms with Gasteiger partial charge in [0, 0.05) is 30.6 Å². The Hall–Kier alpha value is -1.19. The number of nitrogens with zero attached hydrogens (tertiary/aromatic N) is 1. The van der Waals surface area contributed by atoms with Crippen LogP contribution in [-0.2, 0) is 0 Å². The molecule has 1 aromatic rings. The number of Topliss-reactive ketones (excluding diaryl/α,β-unsaturated/α-hetero) is 1. The largest absolute Gasteiger partial charge is 0.393 e. The van der Waals surface area contributed by atoms with Crippen molar-refractivity contribution in [3.63, 3.8) is 0 Å². The highest BCUT2D eigenvalue weighted by Gasteiger charge is 2.39. The van der Waals surface area contributed by atoms with Crippen molar-refractivity contribution < 1.29 is 9.90 Å². The van der Waals surface area contributed by atoms with Gasteiger partial charge >= 0.3 is 0 Å². The molecule has 2 atom stereocenters. The number of piperidine rings is 1. The first-order chi connectivity index (χ1) is 9.65. The highest BCUT2D eigenvalue weighted by molar-refractivity contribution is 5.97. The summed E-state index contributed by atoms with van der Waals surface area (Å²) in [7, 11) is 0. The van der Waals surface area contributed by atoms with Crippen LogP contribution < -0.4 is 0 Å². The van der Waals surface area contributed by atoms with Gasteiger partial charge in [0.2, 0.25) is 0 Å². The zero-order chi connectivity index (χ0) is 14.1. The number of carbonyl (C=O) groups excluding carboxylic acids is 1. The molecule has 2 heterocycles. The molecule has 2 aliphatic rings. The molecule has 3 nitrogen and oxygen atoms in total. The second-order valence-corrected chi connectivity index (χ2v) is 6.24. The fourth-order valence-electron chi connectivity index (χ4n) is 3.86. The molecule has 0 spiro atoms. The summed E-state index contributed by atoms with van der Waals surface area (Å²) < 4.78 is 0. The van der Waals surface area contributed by atoms with E-state index in [0.29, 0.717) is 18.5 Å². The van der Waals surface area contributed by atoms with Gasteiger partial charge in [0.1, 0.15) is 0 Å². The van der Waals surface area contributed by atoms with Crippen LogP contribution in [0.3, 0.4) is 0 Å². The molecule has 2 aliphatic heterocycles. The molecule has 0 saturated carbocycles. The molecule has 108 valence electrons. The van der Waals surface area contributed by atoms with Gasteiger partial charge in [0.15, 0.2) is 5.78 Å². The molecular weight excluding hydrogens is 250 g/mol. The van der Waals surface area contributed by atoms with Crippen LogP contribution in [0, 0.1) is 6.92 Å². The maximum Gasteiger partial charge on any atom is 0.164 e. The summed E-state index contributed by atoms with van der Waals surface area (Å²) in [5, 5.41) is 9.81. The average Bonchev–Trinajstić information content (AvgIpc) is 2.67. The van der Waals surface area contributed by atoms with Crippen molar-refractivity contribution in [1.82, 2.24) is 4.90 Å². The number of rotatable bonds is 4. The van der Waals surface area contributed by atoms with Gasteiger partial charge in [-0.25, -0.2) is 0 Å². The number of ketones is 1. The second kappa shape index (κ2) is 5.66. The molecule has 2 saturated heterocycles. The average molecular weight is 273 g/mol. The first-order valence-electron chi connectivity index (χ1n) is 7.68. The summed E-state index contributed by atoms with van der Waals surface area (Å²) in [6.45, 7) is 2.84.